The molecule has 10 heteroatoms. The number of fused-ring (bicyclic) bond motifs is 1. The molecule has 0 amide bonds. The number of nitro groups is 1. The van der Waals surface area contributed by atoms with E-state index in [0.29, 0.717) is 17.1 Å². The van der Waals surface area contributed by atoms with Crippen molar-refractivity contribution in [2.45, 2.75) is 39.8 Å². The molecule has 1 aromatic carbocycles. The summed E-state index contributed by atoms with van der Waals surface area (Å²) in [5, 5.41) is 11.2. The summed E-state index contributed by atoms with van der Waals surface area (Å²) in [7, 11) is 0. The van der Waals surface area contributed by atoms with Crippen LogP contribution in [0.3, 0.4) is 0 Å². The van der Waals surface area contributed by atoms with Crippen LogP contribution in [-0.4, -0.2) is 31.4 Å². The number of imidazole rings is 1. The smallest absolute Gasteiger partial charge is 0.250 e. The van der Waals surface area contributed by atoms with Crippen molar-refractivity contribution >= 4 is 5.65 Å². The van der Waals surface area contributed by atoms with E-state index in [-0.39, 0.29) is 24.7 Å². The van der Waals surface area contributed by atoms with Gasteiger partial charge in [0.1, 0.15) is 18.2 Å². The molecule has 8 nitrogen and oxygen atoms in total. The van der Waals surface area contributed by atoms with Crippen LogP contribution < -0.4 is 9.47 Å². The average molecular weight is 482 g/mol. The Morgan fingerprint density at radius 2 is 1.83 bits per heavy atom. The van der Waals surface area contributed by atoms with Crippen LogP contribution in [0.5, 0.6) is 11.6 Å². The van der Waals surface area contributed by atoms with Crippen molar-refractivity contribution in [3.8, 4) is 22.9 Å². The second-order valence-electron chi connectivity index (χ2n) is 8.85. The Labute approximate surface area is 200 Å². The van der Waals surface area contributed by atoms with Crippen LogP contribution in [0.1, 0.15) is 30.7 Å². The van der Waals surface area contributed by atoms with Crippen LogP contribution in [0, 0.1) is 35.6 Å². The maximum absolute atomic E-state index is 14.1. The third kappa shape index (κ3) is 4.91. The highest BCUT2D eigenvalue weighted by molar-refractivity contribution is 5.71. The molecule has 0 saturated heterocycles. The van der Waals surface area contributed by atoms with E-state index in [4.69, 9.17) is 9.47 Å². The van der Waals surface area contributed by atoms with E-state index < -0.39 is 22.1 Å². The van der Waals surface area contributed by atoms with Gasteiger partial charge < -0.3 is 9.47 Å². The van der Waals surface area contributed by atoms with Crippen molar-refractivity contribution < 1.29 is 23.2 Å². The lowest BCUT2D eigenvalue weighted by Crippen LogP contribution is -2.37. The molecule has 3 aromatic heterocycles. The number of aromatic nitrogens is 3. The molecular formula is C25H24F2N4O4. The third-order valence-corrected chi connectivity index (χ3v) is 5.51. The SMILES string of the molecule is Cc1cc(OCc2c(F)cccc2F)c2nc(C)c(-c3ccnc(OCC(C)(C)[N+](=O)[O-])c3)n2c1. The van der Waals surface area contributed by atoms with Crippen molar-refractivity contribution in [1.29, 1.82) is 0 Å². The minimum atomic E-state index is -1.27. The number of rotatable bonds is 8. The second-order valence-corrected chi connectivity index (χ2v) is 8.85. The average Bonchev–Trinajstić information content (AvgIpc) is 3.13. The summed E-state index contributed by atoms with van der Waals surface area (Å²) in [6, 6.07) is 8.88. The number of aryl methyl sites for hydroxylation is 2. The first kappa shape index (κ1) is 24.1. The molecule has 182 valence electrons. The summed E-state index contributed by atoms with van der Waals surface area (Å²) in [5.41, 5.74) is 2.05. The fraction of sp³-hybridized carbons (Fsp3) is 0.280. The zero-order chi connectivity index (χ0) is 25.3. The number of hydrogen-bond donors (Lipinski definition) is 0. The van der Waals surface area contributed by atoms with E-state index in [1.165, 1.54) is 32.0 Å². The molecule has 0 fully saturated rings. The zero-order valence-electron chi connectivity index (χ0n) is 19.7. The first-order valence-electron chi connectivity index (χ1n) is 10.9. The zero-order valence-corrected chi connectivity index (χ0v) is 19.7. The van der Waals surface area contributed by atoms with Gasteiger partial charge in [-0.25, -0.2) is 18.7 Å². The lowest BCUT2D eigenvalue weighted by atomic mass is 10.1. The Morgan fingerprint density at radius 3 is 2.51 bits per heavy atom. The van der Waals surface area contributed by atoms with E-state index >= 15 is 0 Å². The molecule has 0 spiro atoms. The number of halogens is 2. The molecule has 0 aliphatic rings. The van der Waals surface area contributed by atoms with Gasteiger partial charge in [-0.1, -0.05) is 6.07 Å². The van der Waals surface area contributed by atoms with Gasteiger partial charge in [0, 0.05) is 42.8 Å². The Bertz CT molecular complexity index is 1400. The number of ether oxygens (including phenoxy) is 2. The summed E-state index contributed by atoms with van der Waals surface area (Å²) >= 11 is 0. The lowest BCUT2D eigenvalue weighted by molar-refractivity contribution is -0.562. The van der Waals surface area contributed by atoms with Crippen LogP contribution >= 0.6 is 0 Å². The fourth-order valence-corrected chi connectivity index (χ4v) is 3.57. The molecule has 0 N–H and O–H groups in total. The summed E-state index contributed by atoms with van der Waals surface area (Å²) < 4.78 is 41.4. The van der Waals surface area contributed by atoms with Gasteiger partial charge in [-0.05, 0) is 43.7 Å². The Morgan fingerprint density at radius 1 is 1.11 bits per heavy atom. The first-order chi connectivity index (χ1) is 16.6. The van der Waals surface area contributed by atoms with Crippen LogP contribution in [0.25, 0.3) is 16.9 Å². The van der Waals surface area contributed by atoms with E-state index in [9.17, 15) is 18.9 Å². The van der Waals surface area contributed by atoms with Crippen LogP contribution in [0.2, 0.25) is 0 Å². The molecule has 0 unspecified atom stereocenters. The monoisotopic (exact) mass is 482 g/mol. The molecule has 35 heavy (non-hydrogen) atoms. The van der Waals surface area contributed by atoms with Crippen molar-refractivity contribution in [3.05, 3.63) is 87.4 Å². The highest BCUT2D eigenvalue weighted by atomic mass is 19.1. The van der Waals surface area contributed by atoms with E-state index in [2.05, 4.69) is 9.97 Å². The predicted molar refractivity (Wildman–Crippen MR) is 125 cm³/mol. The van der Waals surface area contributed by atoms with Gasteiger partial charge in [0.2, 0.25) is 11.4 Å². The molecule has 3 heterocycles. The van der Waals surface area contributed by atoms with Crippen molar-refractivity contribution in [2.75, 3.05) is 6.61 Å². The highest BCUT2D eigenvalue weighted by Crippen LogP contribution is 2.32. The molecule has 0 radical (unpaired) electrons. The molecule has 4 aromatic rings. The van der Waals surface area contributed by atoms with Gasteiger partial charge >= 0.3 is 0 Å². The summed E-state index contributed by atoms with van der Waals surface area (Å²) in [6.45, 7) is 6.21. The quantitative estimate of drug-likeness (QED) is 0.250. The number of hydrogen-bond acceptors (Lipinski definition) is 6. The first-order valence-corrected chi connectivity index (χ1v) is 10.9. The number of nitrogens with zero attached hydrogens (tertiary/aromatic N) is 4. The Kier molecular flexibility index (Phi) is 6.38. The Hall–Kier alpha value is -4.08. The van der Waals surface area contributed by atoms with E-state index in [0.717, 1.165) is 16.8 Å². The topological polar surface area (TPSA) is 91.8 Å². The minimum absolute atomic E-state index is 0.147. The van der Waals surface area contributed by atoms with Gasteiger partial charge in [0.15, 0.2) is 18.0 Å². The molecular weight excluding hydrogens is 458 g/mol. The van der Waals surface area contributed by atoms with E-state index in [1.807, 2.05) is 24.4 Å². The highest BCUT2D eigenvalue weighted by Gasteiger charge is 2.32. The lowest BCUT2D eigenvalue weighted by Gasteiger charge is -2.16. The van der Waals surface area contributed by atoms with Crippen molar-refractivity contribution in [2.24, 2.45) is 0 Å². The predicted octanol–water partition coefficient (Wildman–Crippen LogP) is 5.30. The van der Waals surface area contributed by atoms with Gasteiger partial charge in [-0.2, -0.15) is 0 Å². The van der Waals surface area contributed by atoms with Gasteiger partial charge in [0.25, 0.3) is 0 Å². The third-order valence-electron chi connectivity index (χ3n) is 5.51. The molecule has 0 atom stereocenters. The van der Waals surface area contributed by atoms with Crippen molar-refractivity contribution in [3.63, 3.8) is 0 Å². The minimum Gasteiger partial charge on any atom is -0.485 e. The largest absolute Gasteiger partial charge is 0.485 e. The van der Waals surface area contributed by atoms with Gasteiger partial charge in [-0.3, -0.25) is 14.5 Å². The van der Waals surface area contributed by atoms with Crippen molar-refractivity contribution in [1.82, 2.24) is 14.4 Å². The summed E-state index contributed by atoms with van der Waals surface area (Å²) in [6.07, 6.45) is 3.43. The van der Waals surface area contributed by atoms with Crippen LogP contribution in [0.4, 0.5) is 8.78 Å². The maximum Gasteiger partial charge on any atom is 0.250 e. The number of benzene rings is 1. The Balaban J connectivity index is 1.68. The number of pyridine rings is 2. The van der Waals surface area contributed by atoms with Gasteiger partial charge in [-0.15, -0.1) is 0 Å². The van der Waals surface area contributed by atoms with Crippen LogP contribution in [-0.2, 0) is 6.61 Å². The van der Waals surface area contributed by atoms with Crippen LogP contribution in [0.15, 0.2) is 48.8 Å². The van der Waals surface area contributed by atoms with Gasteiger partial charge in [0.05, 0.1) is 17.0 Å². The molecule has 4 rings (SSSR count). The molecule has 0 aliphatic carbocycles. The fourth-order valence-electron chi connectivity index (χ4n) is 3.57. The molecule has 0 bridgehead atoms. The second kappa shape index (κ2) is 9.28. The molecule has 0 saturated carbocycles. The normalized spacial score (nSPS) is 11.6. The maximum atomic E-state index is 14.1. The van der Waals surface area contributed by atoms with E-state index in [1.54, 1.807) is 24.4 Å². The molecule has 0 aliphatic heterocycles. The summed E-state index contributed by atoms with van der Waals surface area (Å²) in [4.78, 5) is 19.6. The standard InChI is InChI=1S/C25H24F2N4O4/c1-15-10-21(34-13-18-19(26)6-5-7-20(18)27)24-29-16(2)23(30(24)12-15)17-8-9-28-22(11-17)35-14-25(3,4)31(32)33/h5-12H,13-14H2,1-4H3. The summed E-state index contributed by atoms with van der Waals surface area (Å²) in [5.74, 6) is -0.747.